The zero-order valence-corrected chi connectivity index (χ0v) is 8.12. The van der Waals surface area contributed by atoms with Gasteiger partial charge < -0.3 is 14.5 Å². The van der Waals surface area contributed by atoms with Gasteiger partial charge in [-0.15, -0.1) is 0 Å². The summed E-state index contributed by atoms with van der Waals surface area (Å²) in [7, 11) is 0. The largest absolute Gasteiger partial charge is 0.486 e. The molecular weight excluding hydrogens is 192 g/mol. The van der Waals surface area contributed by atoms with Crippen LogP contribution in [0.3, 0.4) is 0 Å². The molecular formula is C11H10N2O2. The Hall–Kier alpha value is -1.97. The quantitative estimate of drug-likeness (QED) is 0.721. The van der Waals surface area contributed by atoms with E-state index in [0.717, 1.165) is 28.2 Å². The number of hydrogen-bond acceptors (Lipinski definition) is 3. The number of hydrogen-bond donors (Lipinski definition) is 1. The van der Waals surface area contributed by atoms with E-state index in [1.807, 2.05) is 18.2 Å². The lowest BCUT2D eigenvalue weighted by molar-refractivity contribution is 0.174. The highest BCUT2D eigenvalue weighted by Gasteiger charge is 2.16. The third-order valence-corrected chi connectivity index (χ3v) is 2.46. The first kappa shape index (κ1) is 8.35. The van der Waals surface area contributed by atoms with Gasteiger partial charge >= 0.3 is 0 Å². The van der Waals surface area contributed by atoms with Gasteiger partial charge in [-0.2, -0.15) is 0 Å². The first-order valence-electron chi connectivity index (χ1n) is 4.76. The summed E-state index contributed by atoms with van der Waals surface area (Å²) in [6.07, 6.45) is 0. The Morgan fingerprint density at radius 3 is 3.00 bits per heavy atom. The van der Waals surface area contributed by atoms with Crippen molar-refractivity contribution in [3.8, 4) is 11.5 Å². The molecule has 0 amide bonds. The molecule has 4 nitrogen and oxygen atoms in total. The van der Waals surface area contributed by atoms with Crippen LogP contribution in [-0.2, 0) is 0 Å². The molecule has 76 valence electrons. The first-order chi connectivity index (χ1) is 7.38. The molecule has 0 spiro atoms. The van der Waals surface area contributed by atoms with E-state index < -0.39 is 0 Å². The third-order valence-electron chi connectivity index (χ3n) is 2.46. The average Bonchev–Trinajstić information content (AvgIpc) is 2.72. The van der Waals surface area contributed by atoms with Crippen LogP contribution in [0.25, 0.3) is 10.9 Å². The Bertz CT molecular complexity index is 531. The van der Waals surface area contributed by atoms with E-state index >= 15 is 0 Å². The Balaban J connectivity index is 2.30. The van der Waals surface area contributed by atoms with Crippen molar-refractivity contribution in [2.45, 2.75) is 0 Å². The lowest BCUT2D eigenvalue weighted by Gasteiger charge is -2.18. The summed E-state index contributed by atoms with van der Waals surface area (Å²) < 4.78 is 11.1. The number of ether oxygens (including phenoxy) is 2. The first-order valence-corrected chi connectivity index (χ1v) is 4.76. The summed E-state index contributed by atoms with van der Waals surface area (Å²) in [5, 5.41) is 0.995. The zero-order valence-electron chi connectivity index (χ0n) is 8.12. The van der Waals surface area contributed by atoms with Gasteiger partial charge in [0.15, 0.2) is 11.5 Å². The minimum absolute atomic E-state index is 0.591. The normalized spacial score (nSPS) is 14.1. The van der Waals surface area contributed by atoms with Gasteiger partial charge in [-0.05, 0) is 24.9 Å². The van der Waals surface area contributed by atoms with Crippen LogP contribution in [0, 0.1) is 0 Å². The third kappa shape index (κ3) is 1.18. The maximum Gasteiger partial charge on any atom is 0.170 e. The molecule has 2 aromatic rings. The standard InChI is InChI=1S/C11H10N2O2/c1-12-10-6-7-8(13-10)2-3-9-11(7)15-5-4-14-9/h2-3,6,13H,1,4-5H2. The van der Waals surface area contributed by atoms with E-state index in [2.05, 4.69) is 16.7 Å². The summed E-state index contributed by atoms with van der Waals surface area (Å²) in [6.45, 7) is 4.68. The van der Waals surface area contributed by atoms with Crippen LogP contribution in [0.1, 0.15) is 0 Å². The average molecular weight is 202 g/mol. The molecule has 1 aromatic carbocycles. The minimum Gasteiger partial charge on any atom is -0.486 e. The number of fused-ring (bicyclic) bond motifs is 3. The Labute approximate surface area is 86.5 Å². The lowest BCUT2D eigenvalue weighted by Crippen LogP contribution is -2.15. The van der Waals surface area contributed by atoms with Gasteiger partial charge in [0, 0.05) is 5.39 Å². The molecule has 1 aliphatic rings. The molecule has 0 atom stereocenters. The summed E-state index contributed by atoms with van der Waals surface area (Å²) in [5.41, 5.74) is 0.988. The Kier molecular flexibility index (Phi) is 1.68. The highest BCUT2D eigenvalue weighted by Crippen LogP contribution is 2.38. The fourth-order valence-electron chi connectivity index (χ4n) is 1.79. The molecule has 0 radical (unpaired) electrons. The van der Waals surface area contributed by atoms with Crippen LogP contribution < -0.4 is 9.47 Å². The summed E-state index contributed by atoms with van der Waals surface area (Å²) >= 11 is 0. The van der Waals surface area contributed by atoms with Crippen molar-refractivity contribution >= 4 is 23.4 Å². The van der Waals surface area contributed by atoms with Crippen LogP contribution in [0.2, 0.25) is 0 Å². The number of benzene rings is 1. The SMILES string of the molecule is C=Nc1cc2c3c(ccc2[nH]1)OCCO3. The molecule has 2 heterocycles. The van der Waals surface area contributed by atoms with E-state index in [-0.39, 0.29) is 0 Å². The predicted molar refractivity (Wildman–Crippen MR) is 58.5 cm³/mol. The number of nitrogens with one attached hydrogen (secondary N) is 1. The van der Waals surface area contributed by atoms with Crippen molar-refractivity contribution in [2.24, 2.45) is 4.99 Å². The second kappa shape index (κ2) is 3.02. The van der Waals surface area contributed by atoms with Crippen LogP contribution in [0.15, 0.2) is 23.2 Å². The molecule has 3 rings (SSSR count). The van der Waals surface area contributed by atoms with Crippen LogP contribution >= 0.6 is 0 Å². The summed E-state index contributed by atoms with van der Waals surface area (Å²) in [6, 6.07) is 5.77. The fourth-order valence-corrected chi connectivity index (χ4v) is 1.79. The van der Waals surface area contributed by atoms with E-state index in [1.165, 1.54) is 0 Å². The molecule has 0 fully saturated rings. The van der Waals surface area contributed by atoms with Crippen molar-refractivity contribution in [3.05, 3.63) is 18.2 Å². The number of aliphatic imine (C=N–C) groups is 1. The van der Waals surface area contributed by atoms with E-state index in [4.69, 9.17) is 9.47 Å². The molecule has 4 heteroatoms. The van der Waals surface area contributed by atoms with Crippen LogP contribution in [0.5, 0.6) is 11.5 Å². The van der Waals surface area contributed by atoms with Gasteiger partial charge in [-0.25, -0.2) is 4.99 Å². The van der Waals surface area contributed by atoms with Gasteiger partial charge in [0.05, 0.1) is 5.52 Å². The maximum absolute atomic E-state index is 5.59. The van der Waals surface area contributed by atoms with Gasteiger partial charge in [-0.1, -0.05) is 0 Å². The van der Waals surface area contributed by atoms with Crippen molar-refractivity contribution in [3.63, 3.8) is 0 Å². The highest BCUT2D eigenvalue weighted by atomic mass is 16.6. The van der Waals surface area contributed by atoms with Crippen molar-refractivity contribution in [1.29, 1.82) is 0 Å². The monoisotopic (exact) mass is 202 g/mol. The van der Waals surface area contributed by atoms with E-state index in [9.17, 15) is 0 Å². The maximum atomic E-state index is 5.59. The molecule has 1 aliphatic heterocycles. The number of H-pyrrole nitrogens is 1. The summed E-state index contributed by atoms with van der Waals surface area (Å²) in [4.78, 5) is 6.99. The Morgan fingerprint density at radius 1 is 1.27 bits per heavy atom. The molecule has 0 aliphatic carbocycles. The number of nitrogens with zero attached hydrogens (tertiary/aromatic N) is 1. The smallest absolute Gasteiger partial charge is 0.170 e. The van der Waals surface area contributed by atoms with E-state index in [0.29, 0.717) is 13.2 Å². The van der Waals surface area contributed by atoms with E-state index in [1.54, 1.807) is 0 Å². The zero-order chi connectivity index (χ0) is 10.3. The summed E-state index contributed by atoms with van der Waals surface area (Å²) in [5.74, 6) is 2.33. The second-order valence-corrected chi connectivity index (χ2v) is 3.36. The fraction of sp³-hybridized carbons (Fsp3) is 0.182. The molecule has 15 heavy (non-hydrogen) atoms. The van der Waals surface area contributed by atoms with Gasteiger partial charge in [0.1, 0.15) is 19.0 Å². The second-order valence-electron chi connectivity index (χ2n) is 3.36. The van der Waals surface area contributed by atoms with Gasteiger partial charge in [-0.3, -0.25) is 0 Å². The number of aromatic amines is 1. The lowest BCUT2D eigenvalue weighted by atomic mass is 10.2. The molecule has 0 saturated heterocycles. The topological polar surface area (TPSA) is 46.6 Å². The molecule has 0 unspecified atom stereocenters. The molecule has 1 aromatic heterocycles. The number of rotatable bonds is 1. The molecule has 0 saturated carbocycles. The van der Waals surface area contributed by atoms with Crippen molar-refractivity contribution < 1.29 is 9.47 Å². The van der Waals surface area contributed by atoms with Crippen molar-refractivity contribution in [1.82, 2.24) is 4.98 Å². The number of aromatic nitrogens is 1. The predicted octanol–water partition coefficient (Wildman–Crippen LogP) is 2.27. The Morgan fingerprint density at radius 2 is 2.13 bits per heavy atom. The minimum atomic E-state index is 0.591. The van der Waals surface area contributed by atoms with Crippen LogP contribution in [-0.4, -0.2) is 24.9 Å². The highest BCUT2D eigenvalue weighted by molar-refractivity contribution is 5.91. The molecule has 0 bridgehead atoms. The van der Waals surface area contributed by atoms with Gasteiger partial charge in [0.25, 0.3) is 0 Å². The van der Waals surface area contributed by atoms with Crippen LogP contribution in [0.4, 0.5) is 5.82 Å². The van der Waals surface area contributed by atoms with Gasteiger partial charge in [0.2, 0.25) is 0 Å². The van der Waals surface area contributed by atoms with Crippen molar-refractivity contribution in [2.75, 3.05) is 13.2 Å². The molecule has 1 N–H and O–H groups in total.